The van der Waals surface area contributed by atoms with Crippen LogP contribution >= 0.6 is 0 Å². The Kier molecular flexibility index (Phi) is 4.64. The third-order valence-corrected chi connectivity index (χ3v) is 5.22. The van der Waals surface area contributed by atoms with Crippen molar-refractivity contribution < 1.29 is 4.79 Å². The highest BCUT2D eigenvalue weighted by atomic mass is 16.1. The van der Waals surface area contributed by atoms with Crippen LogP contribution in [0.25, 0.3) is 11.2 Å². The summed E-state index contributed by atoms with van der Waals surface area (Å²) in [6.45, 7) is 0. The lowest BCUT2D eigenvalue weighted by Gasteiger charge is -2.29. The third kappa shape index (κ3) is 3.44. The van der Waals surface area contributed by atoms with E-state index < -0.39 is 0 Å². The van der Waals surface area contributed by atoms with Crippen LogP contribution in [0, 0.1) is 0 Å². The molecule has 0 saturated heterocycles. The number of carbonyl (C=O) groups is 1. The van der Waals surface area contributed by atoms with Crippen LogP contribution in [0.1, 0.15) is 44.0 Å². The van der Waals surface area contributed by atoms with Gasteiger partial charge in [0.05, 0.1) is 0 Å². The Labute approximate surface area is 151 Å². The zero-order valence-corrected chi connectivity index (χ0v) is 14.9. The van der Waals surface area contributed by atoms with Crippen molar-refractivity contribution in [2.75, 3.05) is 0 Å². The van der Waals surface area contributed by atoms with Gasteiger partial charge in [-0.15, -0.1) is 10.2 Å². The standard InChI is InChI=1S/C18H23N7O/c1-24-16(23-15-3-2-10-19-18(15)24)8-9-17(26)22-13-4-6-14(7-5-13)25-11-20-21-12-25/h2-3,10-14H,4-9H2,1H3,(H,22,26). The summed E-state index contributed by atoms with van der Waals surface area (Å²) in [5.41, 5.74) is 1.73. The number of hydrogen-bond acceptors (Lipinski definition) is 5. The maximum absolute atomic E-state index is 12.3. The molecular formula is C18H23N7O. The van der Waals surface area contributed by atoms with E-state index in [-0.39, 0.29) is 11.9 Å². The summed E-state index contributed by atoms with van der Waals surface area (Å²) in [6, 6.07) is 4.53. The monoisotopic (exact) mass is 353 g/mol. The molecule has 136 valence electrons. The van der Waals surface area contributed by atoms with E-state index in [1.807, 2.05) is 23.7 Å². The molecule has 0 radical (unpaired) electrons. The summed E-state index contributed by atoms with van der Waals surface area (Å²) in [5, 5.41) is 10.9. The fourth-order valence-electron chi connectivity index (χ4n) is 3.73. The molecule has 0 bridgehead atoms. The molecule has 0 spiro atoms. The van der Waals surface area contributed by atoms with Crippen LogP contribution < -0.4 is 5.32 Å². The molecule has 26 heavy (non-hydrogen) atoms. The lowest BCUT2D eigenvalue weighted by molar-refractivity contribution is -0.122. The van der Waals surface area contributed by atoms with E-state index in [0.29, 0.717) is 18.9 Å². The summed E-state index contributed by atoms with van der Waals surface area (Å²) < 4.78 is 4.03. The number of fused-ring (bicyclic) bond motifs is 1. The first-order valence-electron chi connectivity index (χ1n) is 9.10. The number of aryl methyl sites for hydroxylation is 2. The second kappa shape index (κ2) is 7.23. The van der Waals surface area contributed by atoms with E-state index in [2.05, 4.69) is 30.0 Å². The highest BCUT2D eigenvalue weighted by Gasteiger charge is 2.23. The van der Waals surface area contributed by atoms with Crippen molar-refractivity contribution in [3.05, 3.63) is 36.8 Å². The van der Waals surface area contributed by atoms with Crippen molar-refractivity contribution >= 4 is 17.1 Å². The van der Waals surface area contributed by atoms with Gasteiger partial charge < -0.3 is 14.5 Å². The van der Waals surface area contributed by atoms with E-state index in [0.717, 1.165) is 42.7 Å². The molecular weight excluding hydrogens is 330 g/mol. The van der Waals surface area contributed by atoms with Gasteiger partial charge in [0.2, 0.25) is 5.91 Å². The molecule has 1 fully saturated rings. The Hall–Kier alpha value is -2.77. The molecule has 1 amide bonds. The van der Waals surface area contributed by atoms with Gasteiger partial charge in [-0.2, -0.15) is 0 Å². The Morgan fingerprint density at radius 1 is 1.23 bits per heavy atom. The van der Waals surface area contributed by atoms with E-state index >= 15 is 0 Å². The Morgan fingerprint density at radius 3 is 2.73 bits per heavy atom. The number of rotatable bonds is 5. The van der Waals surface area contributed by atoms with Crippen LogP contribution in [0.4, 0.5) is 0 Å². The number of hydrogen-bond donors (Lipinski definition) is 1. The molecule has 0 unspecified atom stereocenters. The predicted octanol–water partition coefficient (Wildman–Crippen LogP) is 1.79. The number of aromatic nitrogens is 6. The maximum Gasteiger partial charge on any atom is 0.220 e. The number of nitrogens with one attached hydrogen (secondary N) is 1. The summed E-state index contributed by atoms with van der Waals surface area (Å²) in [6.07, 6.45) is 10.4. The average molecular weight is 353 g/mol. The maximum atomic E-state index is 12.3. The first-order valence-corrected chi connectivity index (χ1v) is 9.10. The van der Waals surface area contributed by atoms with Gasteiger partial charge in [-0.3, -0.25) is 4.79 Å². The Bertz CT molecular complexity index is 878. The lowest BCUT2D eigenvalue weighted by atomic mass is 9.91. The van der Waals surface area contributed by atoms with E-state index in [4.69, 9.17) is 0 Å². The highest BCUT2D eigenvalue weighted by molar-refractivity contribution is 5.77. The number of amides is 1. The lowest BCUT2D eigenvalue weighted by Crippen LogP contribution is -2.38. The quantitative estimate of drug-likeness (QED) is 0.755. The minimum atomic E-state index is 0.0952. The summed E-state index contributed by atoms with van der Waals surface area (Å²) in [7, 11) is 1.95. The summed E-state index contributed by atoms with van der Waals surface area (Å²) >= 11 is 0. The van der Waals surface area contributed by atoms with Gasteiger partial charge in [0, 0.05) is 38.2 Å². The van der Waals surface area contributed by atoms with Crippen molar-refractivity contribution in [2.24, 2.45) is 7.05 Å². The van der Waals surface area contributed by atoms with Crippen molar-refractivity contribution in [1.82, 2.24) is 34.6 Å². The van der Waals surface area contributed by atoms with Gasteiger partial charge in [-0.25, -0.2) is 9.97 Å². The van der Waals surface area contributed by atoms with Gasteiger partial charge >= 0.3 is 0 Å². The first kappa shape index (κ1) is 16.7. The molecule has 0 aromatic carbocycles. The molecule has 8 nitrogen and oxygen atoms in total. The fourth-order valence-corrected chi connectivity index (χ4v) is 3.73. The average Bonchev–Trinajstić information content (AvgIpc) is 3.30. The summed E-state index contributed by atoms with van der Waals surface area (Å²) in [5.74, 6) is 0.989. The van der Waals surface area contributed by atoms with Crippen LogP contribution in [0.2, 0.25) is 0 Å². The van der Waals surface area contributed by atoms with Gasteiger partial charge in [-0.1, -0.05) is 0 Å². The Morgan fingerprint density at radius 2 is 2.00 bits per heavy atom. The van der Waals surface area contributed by atoms with E-state index in [1.165, 1.54) is 0 Å². The van der Waals surface area contributed by atoms with Crippen molar-refractivity contribution in [3.8, 4) is 0 Å². The molecule has 1 aliphatic carbocycles. The SMILES string of the molecule is Cn1c(CCC(=O)NC2CCC(n3cnnc3)CC2)nc2cccnc21. The molecule has 1 aliphatic rings. The molecule has 0 aliphatic heterocycles. The minimum Gasteiger partial charge on any atom is -0.353 e. The molecule has 1 saturated carbocycles. The summed E-state index contributed by atoms with van der Waals surface area (Å²) in [4.78, 5) is 21.2. The number of pyridine rings is 1. The fraction of sp³-hybridized carbons (Fsp3) is 0.500. The van der Waals surface area contributed by atoms with Crippen molar-refractivity contribution in [3.63, 3.8) is 0 Å². The second-order valence-corrected chi connectivity index (χ2v) is 6.92. The number of carbonyl (C=O) groups excluding carboxylic acids is 1. The van der Waals surface area contributed by atoms with Crippen molar-refractivity contribution in [1.29, 1.82) is 0 Å². The Balaban J connectivity index is 1.27. The third-order valence-electron chi connectivity index (χ3n) is 5.22. The smallest absolute Gasteiger partial charge is 0.220 e. The van der Waals surface area contributed by atoms with Crippen LogP contribution in [-0.4, -0.2) is 41.2 Å². The van der Waals surface area contributed by atoms with Gasteiger partial charge in [0.15, 0.2) is 5.65 Å². The minimum absolute atomic E-state index is 0.0952. The van der Waals surface area contributed by atoms with Crippen LogP contribution in [0.15, 0.2) is 31.0 Å². The molecule has 1 N–H and O–H groups in total. The van der Waals surface area contributed by atoms with Gasteiger partial charge in [0.1, 0.15) is 24.0 Å². The molecule has 8 heteroatoms. The second-order valence-electron chi connectivity index (χ2n) is 6.92. The molecule has 3 aromatic rings. The topological polar surface area (TPSA) is 90.5 Å². The highest BCUT2D eigenvalue weighted by Crippen LogP contribution is 2.28. The molecule has 3 heterocycles. The zero-order chi connectivity index (χ0) is 17.9. The normalized spacial score (nSPS) is 20.3. The van der Waals surface area contributed by atoms with Gasteiger partial charge in [-0.05, 0) is 37.8 Å². The van der Waals surface area contributed by atoms with Crippen molar-refractivity contribution in [2.45, 2.75) is 50.6 Å². The van der Waals surface area contributed by atoms with E-state index in [1.54, 1.807) is 18.9 Å². The number of imidazole rings is 1. The van der Waals surface area contributed by atoms with E-state index in [9.17, 15) is 4.79 Å². The van der Waals surface area contributed by atoms with Crippen LogP contribution in [-0.2, 0) is 18.3 Å². The van der Waals surface area contributed by atoms with Crippen LogP contribution in [0.5, 0.6) is 0 Å². The zero-order valence-electron chi connectivity index (χ0n) is 14.9. The predicted molar refractivity (Wildman–Crippen MR) is 96.3 cm³/mol. The first-order chi connectivity index (χ1) is 12.7. The van der Waals surface area contributed by atoms with Gasteiger partial charge in [0.25, 0.3) is 0 Å². The van der Waals surface area contributed by atoms with Crippen LogP contribution in [0.3, 0.4) is 0 Å². The largest absolute Gasteiger partial charge is 0.353 e. The molecule has 4 rings (SSSR count). The number of nitrogens with zero attached hydrogens (tertiary/aromatic N) is 6. The molecule has 0 atom stereocenters. The molecule has 3 aromatic heterocycles.